The van der Waals surface area contributed by atoms with Crippen LogP contribution in [0.3, 0.4) is 0 Å². The number of nitrogens with zero attached hydrogens (tertiary/aromatic N) is 2. The lowest BCUT2D eigenvalue weighted by molar-refractivity contribution is 0.0920. The Kier molecular flexibility index (Phi) is 4.50. The monoisotopic (exact) mass is 360 g/mol. The fraction of sp³-hybridized carbons (Fsp3) is 0.417. The molecule has 0 saturated heterocycles. The lowest BCUT2D eigenvalue weighted by Gasteiger charge is -2.30. The van der Waals surface area contributed by atoms with Crippen LogP contribution < -0.4 is 0 Å². The summed E-state index contributed by atoms with van der Waals surface area (Å²) in [6.07, 6.45) is 5.64. The molecule has 2 aromatic carbocycles. The number of aliphatic hydroxyl groups excluding tert-OH is 1. The van der Waals surface area contributed by atoms with E-state index in [1.807, 2.05) is 0 Å². The lowest BCUT2D eigenvalue weighted by Crippen LogP contribution is -2.38. The maximum Gasteiger partial charge on any atom is 0.0845 e. The molecule has 1 aromatic heterocycles. The van der Waals surface area contributed by atoms with E-state index in [9.17, 15) is 5.11 Å². The number of fused-ring (bicyclic) bond motifs is 4. The molecule has 0 fully saturated rings. The number of para-hydroxylation sites is 1. The molecule has 3 heteroatoms. The first kappa shape index (κ1) is 17.0. The third-order valence-corrected chi connectivity index (χ3v) is 6.36. The van der Waals surface area contributed by atoms with Crippen LogP contribution in [0.25, 0.3) is 10.9 Å². The van der Waals surface area contributed by atoms with E-state index in [-0.39, 0.29) is 6.10 Å². The van der Waals surface area contributed by atoms with Crippen molar-refractivity contribution < 1.29 is 5.11 Å². The van der Waals surface area contributed by atoms with Gasteiger partial charge in [0.2, 0.25) is 0 Å². The third-order valence-electron chi connectivity index (χ3n) is 6.36. The molecular weight excluding hydrogens is 332 g/mol. The predicted octanol–water partition coefficient (Wildman–Crippen LogP) is 3.94. The molecule has 0 amide bonds. The van der Waals surface area contributed by atoms with Crippen LogP contribution in [0.15, 0.2) is 48.5 Å². The second-order valence-corrected chi connectivity index (χ2v) is 8.17. The normalized spacial score (nSPS) is 18.3. The minimum Gasteiger partial charge on any atom is -0.390 e. The van der Waals surface area contributed by atoms with Gasteiger partial charge in [-0.15, -0.1) is 0 Å². The smallest absolute Gasteiger partial charge is 0.0845 e. The number of aromatic nitrogens is 1. The lowest BCUT2D eigenvalue weighted by atomic mass is 9.95. The van der Waals surface area contributed by atoms with Crippen LogP contribution in [0, 0.1) is 0 Å². The Hall–Kier alpha value is -2.10. The molecule has 0 bridgehead atoms. The van der Waals surface area contributed by atoms with Gasteiger partial charge in [0, 0.05) is 36.2 Å². The first-order chi connectivity index (χ1) is 13.3. The van der Waals surface area contributed by atoms with Crippen molar-refractivity contribution in [3.05, 3.63) is 70.9 Å². The molecule has 3 nitrogen and oxygen atoms in total. The van der Waals surface area contributed by atoms with Gasteiger partial charge in [0.15, 0.2) is 0 Å². The maximum absolute atomic E-state index is 10.9. The molecular formula is C24H28N2O. The summed E-state index contributed by atoms with van der Waals surface area (Å²) in [5.74, 6) is 0. The van der Waals surface area contributed by atoms with Crippen molar-refractivity contribution in [2.75, 3.05) is 13.1 Å². The molecule has 0 unspecified atom stereocenters. The van der Waals surface area contributed by atoms with Crippen molar-refractivity contribution in [1.82, 2.24) is 9.47 Å². The molecule has 3 aromatic rings. The van der Waals surface area contributed by atoms with Gasteiger partial charge in [-0.05, 0) is 54.9 Å². The van der Waals surface area contributed by atoms with Gasteiger partial charge in [0.25, 0.3) is 0 Å². The van der Waals surface area contributed by atoms with E-state index in [4.69, 9.17) is 0 Å². The molecule has 5 rings (SSSR count). The molecule has 2 aliphatic rings. The van der Waals surface area contributed by atoms with Gasteiger partial charge < -0.3 is 9.67 Å². The van der Waals surface area contributed by atoms with Crippen LogP contribution in [0.2, 0.25) is 0 Å². The molecule has 0 saturated carbocycles. The van der Waals surface area contributed by atoms with Gasteiger partial charge >= 0.3 is 0 Å². The fourth-order valence-corrected chi connectivity index (χ4v) is 5.07. The summed E-state index contributed by atoms with van der Waals surface area (Å²) in [5, 5.41) is 12.3. The second-order valence-electron chi connectivity index (χ2n) is 8.17. The third kappa shape index (κ3) is 3.19. The van der Waals surface area contributed by atoms with Crippen molar-refractivity contribution in [2.24, 2.45) is 0 Å². The molecule has 0 radical (unpaired) electrons. The number of β-amino-alcohol motifs (C(OH)–C–C–N with tert-alkyl or cyclic N) is 1. The summed E-state index contributed by atoms with van der Waals surface area (Å²) in [6, 6.07) is 17.5. The van der Waals surface area contributed by atoms with Crippen molar-refractivity contribution in [3.8, 4) is 0 Å². The zero-order valence-electron chi connectivity index (χ0n) is 15.9. The fourth-order valence-electron chi connectivity index (χ4n) is 5.07. The summed E-state index contributed by atoms with van der Waals surface area (Å²) < 4.78 is 2.41. The minimum absolute atomic E-state index is 0.336. The number of hydrogen-bond donors (Lipinski definition) is 1. The average molecular weight is 361 g/mol. The van der Waals surface area contributed by atoms with E-state index in [1.54, 1.807) is 0 Å². The number of rotatable bonds is 4. The second kappa shape index (κ2) is 7.14. The van der Waals surface area contributed by atoms with Crippen LogP contribution in [0.4, 0.5) is 0 Å². The summed E-state index contributed by atoms with van der Waals surface area (Å²) >= 11 is 0. The van der Waals surface area contributed by atoms with E-state index in [0.717, 1.165) is 32.5 Å². The standard InChI is InChI=1S/C24H28N2O/c27-20(16-25-14-13-18-7-1-2-8-19(18)15-25)17-26-23-11-5-3-9-21(23)22-10-4-6-12-24(22)26/h1-3,5,7-9,11,20,27H,4,6,10,12-17H2/t20-/m1/s1. The molecule has 1 N–H and O–H groups in total. The topological polar surface area (TPSA) is 28.4 Å². The zero-order chi connectivity index (χ0) is 18.2. The Balaban J connectivity index is 1.35. The van der Waals surface area contributed by atoms with Crippen LogP contribution in [-0.4, -0.2) is 33.8 Å². The Labute approximate surface area is 161 Å². The molecule has 1 aliphatic heterocycles. The highest BCUT2D eigenvalue weighted by Gasteiger charge is 2.23. The highest BCUT2D eigenvalue weighted by atomic mass is 16.3. The molecule has 2 heterocycles. The number of hydrogen-bond acceptors (Lipinski definition) is 2. The highest BCUT2D eigenvalue weighted by Crippen LogP contribution is 2.32. The van der Waals surface area contributed by atoms with E-state index in [2.05, 4.69) is 58.0 Å². The van der Waals surface area contributed by atoms with Gasteiger partial charge in [0.05, 0.1) is 12.6 Å². The van der Waals surface area contributed by atoms with Crippen molar-refractivity contribution >= 4 is 10.9 Å². The van der Waals surface area contributed by atoms with Crippen LogP contribution in [-0.2, 0) is 32.4 Å². The molecule has 1 aliphatic carbocycles. The highest BCUT2D eigenvalue weighted by molar-refractivity contribution is 5.85. The quantitative estimate of drug-likeness (QED) is 0.763. The van der Waals surface area contributed by atoms with Gasteiger partial charge in [-0.2, -0.15) is 0 Å². The summed E-state index contributed by atoms with van der Waals surface area (Å²) in [4.78, 5) is 2.41. The Morgan fingerprint density at radius 2 is 1.63 bits per heavy atom. The van der Waals surface area contributed by atoms with Crippen molar-refractivity contribution in [1.29, 1.82) is 0 Å². The van der Waals surface area contributed by atoms with Gasteiger partial charge in [-0.1, -0.05) is 42.5 Å². The van der Waals surface area contributed by atoms with Gasteiger partial charge in [-0.3, -0.25) is 4.90 Å². The van der Waals surface area contributed by atoms with E-state index >= 15 is 0 Å². The first-order valence-electron chi connectivity index (χ1n) is 10.4. The molecule has 27 heavy (non-hydrogen) atoms. The Morgan fingerprint density at radius 3 is 2.56 bits per heavy atom. The van der Waals surface area contributed by atoms with Crippen LogP contribution in [0.1, 0.15) is 35.2 Å². The largest absolute Gasteiger partial charge is 0.390 e. The van der Waals surface area contributed by atoms with Crippen molar-refractivity contribution in [3.63, 3.8) is 0 Å². The minimum atomic E-state index is -0.336. The Morgan fingerprint density at radius 1 is 0.852 bits per heavy atom. The number of aryl methyl sites for hydroxylation is 1. The number of benzene rings is 2. The van der Waals surface area contributed by atoms with E-state index < -0.39 is 0 Å². The summed E-state index contributed by atoms with van der Waals surface area (Å²) in [6.45, 7) is 3.44. The SMILES string of the molecule is O[C@H](CN1CCc2ccccc2C1)Cn1c2c(c3ccccc31)CCCC2. The van der Waals surface area contributed by atoms with Gasteiger partial charge in [-0.25, -0.2) is 0 Å². The summed E-state index contributed by atoms with van der Waals surface area (Å²) in [5.41, 5.74) is 7.17. The Bertz CT molecular complexity index is 958. The maximum atomic E-state index is 10.9. The van der Waals surface area contributed by atoms with Gasteiger partial charge in [0.1, 0.15) is 0 Å². The molecule has 0 spiro atoms. The molecule has 1 atom stereocenters. The molecule has 140 valence electrons. The summed E-state index contributed by atoms with van der Waals surface area (Å²) in [7, 11) is 0. The van der Waals surface area contributed by atoms with Crippen molar-refractivity contribution in [2.45, 2.75) is 51.3 Å². The first-order valence-corrected chi connectivity index (χ1v) is 10.4. The predicted molar refractivity (Wildman–Crippen MR) is 110 cm³/mol. The average Bonchev–Trinajstić information content (AvgIpc) is 3.02. The number of aliphatic hydroxyl groups is 1. The van der Waals surface area contributed by atoms with Crippen LogP contribution in [0.5, 0.6) is 0 Å². The zero-order valence-corrected chi connectivity index (χ0v) is 15.9. The van der Waals surface area contributed by atoms with E-state index in [0.29, 0.717) is 6.54 Å². The van der Waals surface area contributed by atoms with E-state index in [1.165, 1.54) is 52.5 Å². The van der Waals surface area contributed by atoms with Crippen LogP contribution >= 0.6 is 0 Å².